The summed E-state index contributed by atoms with van der Waals surface area (Å²) in [5, 5.41) is 0. The van der Waals surface area contributed by atoms with Crippen molar-refractivity contribution in [1.82, 2.24) is 4.90 Å². The number of allylic oxidation sites excluding steroid dienone is 1. The normalized spacial score (nSPS) is 26.3. The van der Waals surface area contributed by atoms with Gasteiger partial charge in [0.05, 0.1) is 0 Å². The van der Waals surface area contributed by atoms with Gasteiger partial charge < -0.3 is 0 Å². The maximum absolute atomic E-state index is 2.89. The first-order valence-electron chi connectivity index (χ1n) is 10.4. The van der Waals surface area contributed by atoms with Crippen molar-refractivity contribution in [3.8, 4) is 0 Å². The van der Waals surface area contributed by atoms with Crippen LogP contribution in [0.3, 0.4) is 0 Å². The van der Waals surface area contributed by atoms with Crippen LogP contribution in [0.25, 0.3) is 0 Å². The summed E-state index contributed by atoms with van der Waals surface area (Å²) in [5.74, 6) is 0.864. The van der Waals surface area contributed by atoms with Crippen molar-refractivity contribution in [3.63, 3.8) is 0 Å². The molecule has 0 aromatic heterocycles. The molecule has 3 unspecified atom stereocenters. The van der Waals surface area contributed by atoms with Gasteiger partial charge in [-0.1, -0.05) is 65.0 Å². The molecule has 23 heavy (non-hydrogen) atoms. The molecule has 136 valence electrons. The third-order valence-corrected chi connectivity index (χ3v) is 5.94. The van der Waals surface area contributed by atoms with Gasteiger partial charge in [0.1, 0.15) is 0 Å². The van der Waals surface area contributed by atoms with E-state index in [-0.39, 0.29) is 5.54 Å². The van der Waals surface area contributed by atoms with E-state index in [1.165, 1.54) is 70.8 Å². The van der Waals surface area contributed by atoms with E-state index in [1.54, 1.807) is 5.57 Å². The number of rotatable bonds is 9. The van der Waals surface area contributed by atoms with Crippen LogP contribution in [0.2, 0.25) is 0 Å². The Kier molecular flexibility index (Phi) is 9.51. The Morgan fingerprint density at radius 1 is 1.13 bits per heavy atom. The summed E-state index contributed by atoms with van der Waals surface area (Å²) in [4.78, 5) is 2.89. The van der Waals surface area contributed by atoms with Crippen LogP contribution in [0.5, 0.6) is 0 Å². The van der Waals surface area contributed by atoms with Crippen LogP contribution in [-0.2, 0) is 0 Å². The highest BCUT2D eigenvalue weighted by molar-refractivity contribution is 5.13. The first-order chi connectivity index (χ1) is 11.0. The van der Waals surface area contributed by atoms with E-state index in [4.69, 9.17) is 0 Å². The molecule has 1 heterocycles. The second kappa shape index (κ2) is 10.5. The molecule has 1 aliphatic heterocycles. The first-order valence-corrected chi connectivity index (χ1v) is 10.4. The summed E-state index contributed by atoms with van der Waals surface area (Å²) in [7, 11) is 0. The van der Waals surface area contributed by atoms with E-state index in [1.807, 2.05) is 0 Å². The summed E-state index contributed by atoms with van der Waals surface area (Å²) in [5.41, 5.74) is 1.86. The van der Waals surface area contributed by atoms with Crippen molar-refractivity contribution < 1.29 is 0 Å². The predicted octanol–water partition coefficient (Wildman–Crippen LogP) is 6.97. The summed E-state index contributed by atoms with van der Waals surface area (Å²) in [6.45, 7) is 15.7. The van der Waals surface area contributed by atoms with Gasteiger partial charge in [0.15, 0.2) is 0 Å². The van der Waals surface area contributed by atoms with Gasteiger partial charge in [0, 0.05) is 11.6 Å². The van der Waals surface area contributed by atoms with Crippen LogP contribution in [0.15, 0.2) is 11.6 Å². The molecule has 0 radical (unpaired) electrons. The van der Waals surface area contributed by atoms with Crippen LogP contribution in [0.1, 0.15) is 106 Å². The Bertz CT molecular complexity index is 346. The minimum atomic E-state index is 0.259. The molecule has 0 aliphatic carbocycles. The fourth-order valence-corrected chi connectivity index (χ4v) is 4.40. The lowest BCUT2D eigenvalue weighted by Gasteiger charge is -2.46. The minimum Gasteiger partial charge on any atom is -0.292 e. The van der Waals surface area contributed by atoms with Gasteiger partial charge in [-0.2, -0.15) is 0 Å². The molecule has 1 aliphatic rings. The molecule has 0 saturated carbocycles. The van der Waals surface area contributed by atoms with Crippen molar-refractivity contribution in [3.05, 3.63) is 11.6 Å². The Morgan fingerprint density at radius 3 is 2.48 bits per heavy atom. The highest BCUT2D eigenvalue weighted by Gasteiger charge is 2.34. The highest BCUT2D eigenvalue weighted by atomic mass is 15.2. The van der Waals surface area contributed by atoms with E-state index in [0.29, 0.717) is 0 Å². The van der Waals surface area contributed by atoms with E-state index in [0.717, 1.165) is 12.0 Å². The highest BCUT2D eigenvalue weighted by Crippen LogP contribution is 2.33. The molecule has 0 aromatic carbocycles. The number of unbranched alkanes of at least 4 members (excludes halogenated alkanes) is 1. The summed E-state index contributed by atoms with van der Waals surface area (Å²) < 4.78 is 0. The van der Waals surface area contributed by atoms with E-state index in [2.05, 4.69) is 52.5 Å². The van der Waals surface area contributed by atoms with Crippen molar-refractivity contribution >= 4 is 0 Å². The third-order valence-electron chi connectivity index (χ3n) is 5.94. The van der Waals surface area contributed by atoms with E-state index in [9.17, 15) is 0 Å². The quantitative estimate of drug-likeness (QED) is 0.414. The van der Waals surface area contributed by atoms with Crippen LogP contribution in [0, 0.1) is 5.92 Å². The molecule has 0 bridgehead atoms. The maximum Gasteiger partial charge on any atom is 0.0365 e. The molecule has 3 atom stereocenters. The number of nitrogens with zero attached hydrogens (tertiary/aromatic N) is 1. The zero-order chi connectivity index (χ0) is 17.3. The molecule has 1 rings (SSSR count). The molecule has 0 amide bonds. The molecule has 0 N–H and O–H groups in total. The van der Waals surface area contributed by atoms with E-state index >= 15 is 0 Å². The van der Waals surface area contributed by atoms with Gasteiger partial charge >= 0.3 is 0 Å². The smallest absolute Gasteiger partial charge is 0.0365 e. The molecule has 0 saturated heterocycles. The predicted molar refractivity (Wildman–Crippen MR) is 105 cm³/mol. The topological polar surface area (TPSA) is 3.24 Å². The monoisotopic (exact) mass is 321 g/mol. The SMILES string of the molecule is CCCCC(C)CC(CCC)N1CCCCC(C)=CC1(C)CC. The van der Waals surface area contributed by atoms with Gasteiger partial charge in [0.2, 0.25) is 0 Å². The number of hydrogen-bond donors (Lipinski definition) is 0. The summed E-state index contributed by atoms with van der Waals surface area (Å²) in [6.07, 6.45) is 16.0. The van der Waals surface area contributed by atoms with Gasteiger partial charge in [-0.3, -0.25) is 4.90 Å². The largest absolute Gasteiger partial charge is 0.292 e. The van der Waals surface area contributed by atoms with Crippen LogP contribution in [-0.4, -0.2) is 23.0 Å². The Labute approximate surface area is 146 Å². The molecule has 1 nitrogen and oxygen atoms in total. The Morgan fingerprint density at radius 2 is 1.87 bits per heavy atom. The minimum absolute atomic E-state index is 0.259. The maximum atomic E-state index is 2.89. The van der Waals surface area contributed by atoms with Gasteiger partial charge in [-0.05, 0) is 64.8 Å². The van der Waals surface area contributed by atoms with Gasteiger partial charge in [0.25, 0.3) is 0 Å². The standard InChI is InChI=1S/C22H43N/c1-7-10-14-19(4)17-21(13-8-2)23-16-12-11-15-20(5)18-22(23,6)9-3/h18-19,21H,7-17H2,1-6H3. The molecular weight excluding hydrogens is 278 g/mol. The van der Waals surface area contributed by atoms with Crippen LogP contribution >= 0.6 is 0 Å². The fraction of sp³-hybridized carbons (Fsp3) is 0.909. The Hall–Kier alpha value is -0.300. The molecule has 0 aromatic rings. The molecule has 1 heteroatoms. The molecule has 0 fully saturated rings. The lowest BCUT2D eigenvalue weighted by atomic mass is 9.85. The zero-order valence-electron chi connectivity index (χ0n) is 17.0. The summed E-state index contributed by atoms with van der Waals surface area (Å²) in [6, 6.07) is 0.763. The number of hydrogen-bond acceptors (Lipinski definition) is 1. The first kappa shape index (κ1) is 20.7. The lowest BCUT2D eigenvalue weighted by molar-refractivity contribution is 0.0616. The van der Waals surface area contributed by atoms with E-state index < -0.39 is 0 Å². The molecule has 0 spiro atoms. The van der Waals surface area contributed by atoms with Crippen molar-refractivity contribution in [2.75, 3.05) is 6.54 Å². The lowest BCUT2D eigenvalue weighted by Crippen LogP contribution is -2.52. The van der Waals surface area contributed by atoms with Crippen molar-refractivity contribution in [1.29, 1.82) is 0 Å². The Balaban J connectivity index is 2.93. The van der Waals surface area contributed by atoms with Crippen molar-refractivity contribution in [2.45, 2.75) is 117 Å². The zero-order valence-corrected chi connectivity index (χ0v) is 17.0. The summed E-state index contributed by atoms with van der Waals surface area (Å²) >= 11 is 0. The van der Waals surface area contributed by atoms with Crippen LogP contribution in [0.4, 0.5) is 0 Å². The fourth-order valence-electron chi connectivity index (χ4n) is 4.40. The third kappa shape index (κ3) is 6.61. The average molecular weight is 322 g/mol. The van der Waals surface area contributed by atoms with Crippen LogP contribution < -0.4 is 0 Å². The second-order valence-corrected chi connectivity index (χ2v) is 8.28. The second-order valence-electron chi connectivity index (χ2n) is 8.28. The molecular formula is C22H43N. The van der Waals surface area contributed by atoms with Crippen molar-refractivity contribution in [2.24, 2.45) is 5.92 Å². The average Bonchev–Trinajstić information content (AvgIpc) is 2.50. The van der Waals surface area contributed by atoms with Gasteiger partial charge in [-0.15, -0.1) is 0 Å². The van der Waals surface area contributed by atoms with Gasteiger partial charge in [-0.25, -0.2) is 0 Å².